The fourth-order valence-corrected chi connectivity index (χ4v) is 3.87. The molecular weight excluding hydrogens is 420 g/mol. The summed E-state index contributed by atoms with van der Waals surface area (Å²) in [4.78, 5) is 15.3. The Balaban J connectivity index is 1.72. The zero-order chi connectivity index (χ0) is 23.4. The van der Waals surface area contributed by atoms with Crippen LogP contribution in [0.4, 0.5) is 11.4 Å². The number of nitrogens with zero attached hydrogens (tertiary/aromatic N) is 1. The first-order chi connectivity index (χ1) is 16.1. The number of anilines is 2. The van der Waals surface area contributed by atoms with Gasteiger partial charge in [0.2, 0.25) is 0 Å². The molecule has 3 aromatic rings. The molecular formula is C26H26N2O5. The second-order valence-corrected chi connectivity index (χ2v) is 7.35. The molecule has 0 radical (unpaired) electrons. The first-order valence-corrected chi connectivity index (χ1v) is 10.4. The molecule has 7 heteroatoms. The Bertz CT molecular complexity index is 1180. The molecule has 33 heavy (non-hydrogen) atoms. The highest BCUT2D eigenvalue weighted by molar-refractivity contribution is 6.11. The molecule has 0 aliphatic carbocycles. The second kappa shape index (κ2) is 9.56. The van der Waals surface area contributed by atoms with Crippen LogP contribution in [0.2, 0.25) is 0 Å². The van der Waals surface area contributed by atoms with E-state index in [1.54, 1.807) is 57.6 Å². The molecule has 0 saturated carbocycles. The summed E-state index contributed by atoms with van der Waals surface area (Å²) in [6.07, 6.45) is 1.92. The van der Waals surface area contributed by atoms with E-state index in [2.05, 4.69) is 5.32 Å². The maximum absolute atomic E-state index is 13.6. The Hall–Kier alpha value is -4.13. The van der Waals surface area contributed by atoms with E-state index < -0.39 is 0 Å². The van der Waals surface area contributed by atoms with Crippen molar-refractivity contribution in [3.8, 4) is 23.0 Å². The smallest absolute Gasteiger partial charge is 0.275 e. The number of carbonyl (C=O) groups is 1. The molecule has 0 saturated heterocycles. The highest BCUT2D eigenvalue weighted by Crippen LogP contribution is 2.40. The van der Waals surface area contributed by atoms with Gasteiger partial charge in [0.15, 0.2) is 23.0 Å². The number of amides is 1. The summed E-state index contributed by atoms with van der Waals surface area (Å²) in [5.41, 5.74) is 2.87. The average molecular weight is 447 g/mol. The van der Waals surface area contributed by atoms with E-state index in [1.165, 1.54) is 0 Å². The van der Waals surface area contributed by atoms with E-state index in [9.17, 15) is 4.79 Å². The lowest BCUT2D eigenvalue weighted by atomic mass is 10.1. The lowest BCUT2D eigenvalue weighted by molar-refractivity contribution is -0.114. The van der Waals surface area contributed by atoms with Gasteiger partial charge in [-0.15, -0.1) is 0 Å². The quantitative estimate of drug-likeness (QED) is 0.536. The Morgan fingerprint density at radius 1 is 0.727 bits per heavy atom. The summed E-state index contributed by atoms with van der Waals surface area (Å²) in [5.74, 6) is 2.18. The first-order valence-electron chi connectivity index (χ1n) is 10.4. The second-order valence-electron chi connectivity index (χ2n) is 7.35. The van der Waals surface area contributed by atoms with Gasteiger partial charge in [-0.25, -0.2) is 0 Å². The molecule has 0 unspecified atom stereocenters. The molecule has 1 aliphatic rings. The monoisotopic (exact) mass is 446 g/mol. The topological polar surface area (TPSA) is 69.3 Å². The Morgan fingerprint density at radius 3 is 1.97 bits per heavy atom. The molecule has 7 nitrogen and oxygen atoms in total. The molecule has 0 bridgehead atoms. The molecule has 1 amide bonds. The van der Waals surface area contributed by atoms with Crippen molar-refractivity contribution in [3.63, 3.8) is 0 Å². The SMILES string of the molecule is COc1ccc(NC2=C[C@H](c3ccccc3)N(c3ccc(OC)c(OC)c3)C2=O)cc1OC. The van der Waals surface area contributed by atoms with Gasteiger partial charge >= 0.3 is 0 Å². The van der Waals surface area contributed by atoms with Gasteiger partial charge in [0.1, 0.15) is 5.70 Å². The maximum atomic E-state index is 13.6. The molecule has 170 valence electrons. The highest BCUT2D eigenvalue weighted by atomic mass is 16.5. The van der Waals surface area contributed by atoms with E-state index >= 15 is 0 Å². The Kier molecular flexibility index (Phi) is 6.40. The standard InChI is InChI=1S/C26H26N2O5/c1-30-22-12-10-18(14-24(22)32-3)27-20-16-21(17-8-6-5-7-9-17)28(26(20)29)19-11-13-23(31-2)25(15-19)33-4/h5-16,21,27H,1-4H3/t21-/m1/s1. The van der Waals surface area contributed by atoms with Crippen LogP contribution in [0.5, 0.6) is 23.0 Å². The Morgan fingerprint density at radius 2 is 1.33 bits per heavy atom. The van der Waals surface area contributed by atoms with Crippen molar-refractivity contribution in [2.24, 2.45) is 0 Å². The van der Waals surface area contributed by atoms with E-state index in [1.807, 2.05) is 48.5 Å². The van der Waals surface area contributed by atoms with Crippen LogP contribution >= 0.6 is 0 Å². The van der Waals surface area contributed by atoms with Gasteiger partial charge in [-0.05, 0) is 35.9 Å². The number of hydrogen-bond acceptors (Lipinski definition) is 6. The van der Waals surface area contributed by atoms with Gasteiger partial charge in [0, 0.05) is 23.5 Å². The van der Waals surface area contributed by atoms with Crippen molar-refractivity contribution >= 4 is 17.3 Å². The van der Waals surface area contributed by atoms with E-state index in [0.29, 0.717) is 40.1 Å². The van der Waals surface area contributed by atoms with Crippen molar-refractivity contribution in [2.45, 2.75) is 6.04 Å². The van der Waals surface area contributed by atoms with Crippen LogP contribution in [0, 0.1) is 0 Å². The minimum absolute atomic E-state index is 0.161. The summed E-state index contributed by atoms with van der Waals surface area (Å²) in [6, 6.07) is 20.5. The van der Waals surface area contributed by atoms with Crippen LogP contribution in [0.1, 0.15) is 11.6 Å². The minimum Gasteiger partial charge on any atom is -0.493 e. The highest BCUT2D eigenvalue weighted by Gasteiger charge is 2.35. The third-order valence-corrected chi connectivity index (χ3v) is 5.50. The Labute approximate surface area is 193 Å². The molecule has 1 aliphatic heterocycles. The largest absolute Gasteiger partial charge is 0.493 e. The molecule has 0 spiro atoms. The lowest BCUT2D eigenvalue weighted by Gasteiger charge is -2.26. The number of carbonyl (C=O) groups excluding carboxylic acids is 1. The van der Waals surface area contributed by atoms with Gasteiger partial charge in [-0.1, -0.05) is 30.3 Å². The van der Waals surface area contributed by atoms with Crippen molar-refractivity contribution < 1.29 is 23.7 Å². The summed E-state index contributed by atoms with van der Waals surface area (Å²) in [7, 11) is 6.31. The molecule has 0 fully saturated rings. The van der Waals surface area contributed by atoms with Crippen LogP contribution in [-0.2, 0) is 4.79 Å². The normalized spacial score (nSPS) is 15.2. The van der Waals surface area contributed by atoms with Gasteiger partial charge in [0.25, 0.3) is 5.91 Å². The zero-order valence-electron chi connectivity index (χ0n) is 19.0. The molecule has 3 aromatic carbocycles. The van der Waals surface area contributed by atoms with E-state index in [-0.39, 0.29) is 11.9 Å². The fourth-order valence-electron chi connectivity index (χ4n) is 3.87. The van der Waals surface area contributed by atoms with Crippen molar-refractivity contribution in [2.75, 3.05) is 38.7 Å². The molecule has 1 heterocycles. The number of hydrogen-bond donors (Lipinski definition) is 1. The number of methoxy groups -OCH3 is 4. The first kappa shape index (κ1) is 22.1. The summed E-state index contributed by atoms with van der Waals surface area (Å²) < 4.78 is 21.5. The van der Waals surface area contributed by atoms with Crippen LogP contribution in [0.3, 0.4) is 0 Å². The number of nitrogens with one attached hydrogen (secondary N) is 1. The average Bonchev–Trinajstić information content (AvgIpc) is 3.19. The summed E-state index contributed by atoms with van der Waals surface area (Å²) in [6.45, 7) is 0. The molecule has 4 rings (SSSR count). The summed E-state index contributed by atoms with van der Waals surface area (Å²) in [5, 5.41) is 3.25. The molecule has 0 aromatic heterocycles. The van der Waals surface area contributed by atoms with Gasteiger partial charge in [-0.3, -0.25) is 9.69 Å². The van der Waals surface area contributed by atoms with E-state index in [4.69, 9.17) is 18.9 Å². The third-order valence-electron chi connectivity index (χ3n) is 5.50. The zero-order valence-corrected chi connectivity index (χ0v) is 19.0. The third kappa shape index (κ3) is 4.30. The van der Waals surface area contributed by atoms with Crippen LogP contribution in [0.25, 0.3) is 0 Å². The lowest BCUT2D eigenvalue weighted by Crippen LogP contribution is -2.30. The minimum atomic E-state index is -0.292. The maximum Gasteiger partial charge on any atom is 0.275 e. The number of benzene rings is 3. The van der Waals surface area contributed by atoms with Crippen LogP contribution < -0.4 is 29.2 Å². The summed E-state index contributed by atoms with van der Waals surface area (Å²) >= 11 is 0. The van der Waals surface area contributed by atoms with Gasteiger partial charge < -0.3 is 24.3 Å². The fraction of sp³-hybridized carbons (Fsp3) is 0.192. The molecule has 1 N–H and O–H groups in total. The number of ether oxygens (including phenoxy) is 4. The van der Waals surface area contributed by atoms with Crippen molar-refractivity contribution in [1.29, 1.82) is 0 Å². The predicted octanol–water partition coefficient (Wildman–Crippen LogP) is 4.80. The van der Waals surface area contributed by atoms with Crippen molar-refractivity contribution in [1.82, 2.24) is 0 Å². The van der Waals surface area contributed by atoms with Gasteiger partial charge in [-0.2, -0.15) is 0 Å². The number of rotatable bonds is 8. The van der Waals surface area contributed by atoms with Crippen LogP contribution in [0.15, 0.2) is 78.5 Å². The van der Waals surface area contributed by atoms with E-state index in [0.717, 1.165) is 5.56 Å². The van der Waals surface area contributed by atoms with Crippen molar-refractivity contribution in [3.05, 3.63) is 84.1 Å². The van der Waals surface area contributed by atoms with Crippen LogP contribution in [-0.4, -0.2) is 34.3 Å². The van der Waals surface area contributed by atoms with Gasteiger partial charge in [0.05, 0.1) is 34.5 Å². The predicted molar refractivity (Wildman–Crippen MR) is 127 cm³/mol. The molecule has 1 atom stereocenters.